The molecule has 6 nitrogen and oxygen atoms in total. The van der Waals surface area contributed by atoms with Crippen molar-refractivity contribution in [2.24, 2.45) is 0 Å². The van der Waals surface area contributed by atoms with Crippen molar-refractivity contribution in [1.29, 1.82) is 0 Å². The highest BCUT2D eigenvalue weighted by atomic mass is 16.5. The number of carbonyl (C=O) groups is 1. The number of amides is 1. The summed E-state index contributed by atoms with van der Waals surface area (Å²) in [5.41, 5.74) is -0.947. The minimum Gasteiger partial charge on any atom is -0.385 e. The number of nitrogens with one attached hydrogen (secondary N) is 2. The van der Waals surface area contributed by atoms with E-state index in [0.717, 1.165) is 6.54 Å². The first-order valence-electron chi connectivity index (χ1n) is 6.06. The van der Waals surface area contributed by atoms with Gasteiger partial charge in [0.05, 0.1) is 12.7 Å². The van der Waals surface area contributed by atoms with E-state index in [0.29, 0.717) is 26.2 Å². The monoisotopic (exact) mass is 244 g/mol. The van der Waals surface area contributed by atoms with Crippen LogP contribution in [0.15, 0.2) is 0 Å². The van der Waals surface area contributed by atoms with Crippen molar-refractivity contribution in [2.45, 2.75) is 31.2 Å². The highest BCUT2D eigenvalue weighted by Crippen LogP contribution is 2.24. The van der Waals surface area contributed by atoms with Gasteiger partial charge in [0.15, 0.2) is 0 Å². The van der Waals surface area contributed by atoms with Gasteiger partial charge in [-0.1, -0.05) is 0 Å². The molecule has 2 aliphatic rings. The second kappa shape index (κ2) is 5.30. The molecule has 0 saturated carbocycles. The quantitative estimate of drug-likeness (QED) is 0.571. The fourth-order valence-electron chi connectivity index (χ4n) is 2.09. The van der Waals surface area contributed by atoms with Crippen LogP contribution >= 0.6 is 0 Å². The normalized spacial score (nSPS) is 38.0. The van der Waals surface area contributed by atoms with Crippen molar-refractivity contribution in [3.63, 3.8) is 0 Å². The maximum absolute atomic E-state index is 11.8. The Morgan fingerprint density at radius 1 is 1.53 bits per heavy atom. The highest BCUT2D eigenvalue weighted by molar-refractivity contribution is 5.81. The Kier molecular flexibility index (Phi) is 3.98. The van der Waals surface area contributed by atoms with Crippen LogP contribution in [0.4, 0.5) is 0 Å². The summed E-state index contributed by atoms with van der Waals surface area (Å²) in [6.45, 7) is 4.41. The predicted molar refractivity (Wildman–Crippen MR) is 60.6 cm³/mol. The fraction of sp³-hybridized carbons (Fsp3) is 0.909. The lowest BCUT2D eigenvalue weighted by molar-refractivity contribution is -0.135. The van der Waals surface area contributed by atoms with Crippen molar-refractivity contribution in [1.82, 2.24) is 10.6 Å². The maximum atomic E-state index is 11.8. The maximum Gasteiger partial charge on any atom is 0.250 e. The minimum absolute atomic E-state index is 0.176. The molecule has 2 heterocycles. The number of ether oxygens (including phenoxy) is 2. The van der Waals surface area contributed by atoms with E-state index in [1.54, 1.807) is 0 Å². The summed E-state index contributed by atoms with van der Waals surface area (Å²) in [4.78, 5) is 11.8. The number of hydrogen-bond acceptors (Lipinski definition) is 5. The largest absolute Gasteiger partial charge is 0.385 e. The molecule has 17 heavy (non-hydrogen) atoms. The van der Waals surface area contributed by atoms with Gasteiger partial charge in [0.25, 0.3) is 5.91 Å². The molecule has 0 bridgehead atoms. The van der Waals surface area contributed by atoms with E-state index in [1.807, 2.05) is 6.92 Å². The highest BCUT2D eigenvalue weighted by Gasteiger charge is 2.40. The number of morpholine rings is 1. The average Bonchev–Trinajstić information content (AvgIpc) is 2.68. The van der Waals surface area contributed by atoms with Crippen molar-refractivity contribution in [3.8, 4) is 0 Å². The van der Waals surface area contributed by atoms with Gasteiger partial charge in [-0.15, -0.1) is 0 Å². The smallest absolute Gasteiger partial charge is 0.250 e. The molecular weight excluding hydrogens is 224 g/mol. The summed E-state index contributed by atoms with van der Waals surface area (Å²) in [7, 11) is 0. The first-order valence-corrected chi connectivity index (χ1v) is 6.06. The lowest BCUT2D eigenvalue weighted by Crippen LogP contribution is -2.53. The summed E-state index contributed by atoms with van der Waals surface area (Å²) in [6.07, 6.45) is -0.142. The molecule has 0 aromatic carbocycles. The Morgan fingerprint density at radius 2 is 2.35 bits per heavy atom. The zero-order valence-corrected chi connectivity index (χ0v) is 10.1. The molecule has 2 fully saturated rings. The molecule has 0 aromatic rings. The zero-order chi connectivity index (χ0) is 12.3. The van der Waals surface area contributed by atoms with E-state index in [9.17, 15) is 9.90 Å². The zero-order valence-electron chi connectivity index (χ0n) is 10.1. The number of rotatable bonds is 3. The summed E-state index contributed by atoms with van der Waals surface area (Å²) >= 11 is 0. The predicted octanol–water partition coefficient (Wildman–Crippen LogP) is -1.37. The van der Waals surface area contributed by atoms with Gasteiger partial charge in [0.1, 0.15) is 11.7 Å². The van der Waals surface area contributed by atoms with Crippen LogP contribution in [0.1, 0.15) is 13.3 Å². The van der Waals surface area contributed by atoms with Gasteiger partial charge in [0.2, 0.25) is 0 Å². The molecule has 6 heteroatoms. The van der Waals surface area contributed by atoms with E-state index in [1.165, 1.54) is 0 Å². The number of hydrogen-bond donors (Lipinski definition) is 3. The van der Waals surface area contributed by atoms with Crippen molar-refractivity contribution >= 4 is 5.91 Å². The van der Waals surface area contributed by atoms with Gasteiger partial charge in [0, 0.05) is 32.7 Å². The van der Waals surface area contributed by atoms with Crippen molar-refractivity contribution in [3.05, 3.63) is 0 Å². The van der Waals surface area contributed by atoms with E-state index >= 15 is 0 Å². The van der Waals surface area contributed by atoms with Crippen LogP contribution < -0.4 is 10.6 Å². The Balaban J connectivity index is 1.79. The Labute approximate surface area is 101 Å². The molecule has 2 rings (SSSR count). The Morgan fingerprint density at radius 3 is 2.94 bits per heavy atom. The molecule has 3 atom stereocenters. The van der Waals surface area contributed by atoms with Gasteiger partial charge in [-0.25, -0.2) is 0 Å². The first-order chi connectivity index (χ1) is 8.12. The van der Waals surface area contributed by atoms with Gasteiger partial charge < -0.3 is 25.2 Å². The minimum atomic E-state index is -0.947. The molecule has 0 spiro atoms. The molecule has 3 unspecified atom stereocenters. The van der Waals surface area contributed by atoms with Gasteiger partial charge in [-0.2, -0.15) is 0 Å². The summed E-state index contributed by atoms with van der Waals surface area (Å²) in [5.74, 6) is -0.176. The third-order valence-electron chi connectivity index (χ3n) is 3.45. The molecule has 3 N–H and O–H groups in total. The third kappa shape index (κ3) is 2.95. The molecule has 98 valence electrons. The van der Waals surface area contributed by atoms with E-state index in [2.05, 4.69) is 10.6 Å². The first kappa shape index (κ1) is 12.8. The van der Waals surface area contributed by atoms with Crippen molar-refractivity contribution < 1.29 is 19.4 Å². The standard InChI is InChI=1S/C11H20N2O4/c1-8-11(15,2-4-16-8)7-13-10(14)9-6-12-3-5-17-9/h8-9,12,15H,2-7H2,1H3,(H,13,14). The van der Waals surface area contributed by atoms with Gasteiger partial charge in [-0.05, 0) is 6.92 Å². The molecular formula is C11H20N2O4. The van der Waals surface area contributed by atoms with Gasteiger partial charge in [-0.3, -0.25) is 4.79 Å². The SMILES string of the molecule is CC1OCCC1(O)CNC(=O)C1CNCCO1. The topological polar surface area (TPSA) is 79.8 Å². The third-order valence-corrected chi connectivity index (χ3v) is 3.45. The fourth-order valence-corrected chi connectivity index (χ4v) is 2.09. The number of aliphatic hydroxyl groups is 1. The lowest BCUT2D eigenvalue weighted by Gasteiger charge is -2.28. The number of carbonyl (C=O) groups excluding carboxylic acids is 1. The molecule has 2 saturated heterocycles. The summed E-state index contributed by atoms with van der Waals surface area (Å²) < 4.78 is 10.6. The summed E-state index contributed by atoms with van der Waals surface area (Å²) in [5, 5.41) is 16.0. The lowest BCUT2D eigenvalue weighted by atomic mass is 9.96. The van der Waals surface area contributed by atoms with Crippen LogP contribution in [0.3, 0.4) is 0 Å². The Bertz CT molecular complexity index is 281. The molecule has 0 radical (unpaired) electrons. The average molecular weight is 244 g/mol. The van der Waals surface area contributed by atoms with E-state index in [4.69, 9.17) is 9.47 Å². The van der Waals surface area contributed by atoms with Crippen LogP contribution in [0.25, 0.3) is 0 Å². The van der Waals surface area contributed by atoms with Crippen LogP contribution in [0.2, 0.25) is 0 Å². The molecule has 2 aliphatic heterocycles. The molecule has 0 aliphatic carbocycles. The van der Waals surface area contributed by atoms with Gasteiger partial charge >= 0.3 is 0 Å². The van der Waals surface area contributed by atoms with E-state index in [-0.39, 0.29) is 18.6 Å². The second-order valence-corrected chi connectivity index (χ2v) is 4.65. The Hall–Kier alpha value is -0.690. The molecule has 1 amide bonds. The van der Waals surface area contributed by atoms with Crippen LogP contribution in [-0.4, -0.2) is 61.7 Å². The van der Waals surface area contributed by atoms with Crippen LogP contribution in [0, 0.1) is 0 Å². The summed E-state index contributed by atoms with van der Waals surface area (Å²) in [6, 6.07) is 0. The molecule has 0 aromatic heterocycles. The van der Waals surface area contributed by atoms with E-state index < -0.39 is 11.7 Å². The van der Waals surface area contributed by atoms with Crippen LogP contribution in [-0.2, 0) is 14.3 Å². The van der Waals surface area contributed by atoms with Crippen LogP contribution in [0.5, 0.6) is 0 Å². The van der Waals surface area contributed by atoms with Crippen molar-refractivity contribution in [2.75, 3.05) is 32.8 Å². The second-order valence-electron chi connectivity index (χ2n) is 4.65.